The van der Waals surface area contributed by atoms with Crippen molar-refractivity contribution in [3.8, 4) is 11.4 Å². The van der Waals surface area contributed by atoms with Crippen molar-refractivity contribution in [2.45, 2.75) is 19.4 Å². The summed E-state index contributed by atoms with van der Waals surface area (Å²) in [6.07, 6.45) is 1.45. The Labute approximate surface area is 169 Å². The number of carbonyl (C=O) groups excluding carboxylic acids is 2. The Morgan fingerprint density at radius 1 is 1.21 bits per heavy atom. The van der Waals surface area contributed by atoms with Crippen LogP contribution in [0.5, 0.6) is 0 Å². The minimum atomic E-state index is -0.249. The molecule has 1 fully saturated rings. The molecule has 8 heteroatoms. The third-order valence-electron chi connectivity index (χ3n) is 4.47. The molecule has 142 valence electrons. The van der Waals surface area contributed by atoms with Crippen molar-refractivity contribution in [3.63, 3.8) is 0 Å². The van der Waals surface area contributed by atoms with Gasteiger partial charge >= 0.3 is 0 Å². The first-order chi connectivity index (χ1) is 13.6. The van der Waals surface area contributed by atoms with Gasteiger partial charge in [0.15, 0.2) is 0 Å². The van der Waals surface area contributed by atoms with Crippen LogP contribution < -0.4 is 10.2 Å². The Bertz CT molecular complexity index is 1020. The van der Waals surface area contributed by atoms with Gasteiger partial charge < -0.3 is 14.7 Å². The van der Waals surface area contributed by atoms with E-state index in [0.29, 0.717) is 23.7 Å². The van der Waals surface area contributed by atoms with Crippen LogP contribution in [0.2, 0.25) is 0 Å². The minimum Gasteiger partial charge on any atom is -0.343 e. The van der Waals surface area contributed by atoms with Crippen LogP contribution in [0, 0.1) is 0 Å². The van der Waals surface area contributed by atoms with Crippen molar-refractivity contribution in [1.29, 1.82) is 0 Å². The van der Waals surface area contributed by atoms with Gasteiger partial charge in [0.1, 0.15) is 0 Å². The summed E-state index contributed by atoms with van der Waals surface area (Å²) < 4.78 is 6.13. The van der Waals surface area contributed by atoms with E-state index in [-0.39, 0.29) is 18.4 Å². The number of nitrogens with one attached hydrogen (secondary N) is 1. The second-order valence-corrected chi connectivity index (χ2v) is 7.32. The third kappa shape index (κ3) is 3.96. The molecule has 3 aromatic rings. The Kier molecular flexibility index (Phi) is 5.21. The van der Waals surface area contributed by atoms with E-state index in [9.17, 15) is 9.59 Å². The zero-order chi connectivity index (χ0) is 19.5. The van der Waals surface area contributed by atoms with E-state index < -0.39 is 0 Å². The van der Waals surface area contributed by atoms with E-state index in [2.05, 4.69) is 31.4 Å². The van der Waals surface area contributed by atoms with Crippen LogP contribution in [0.15, 0.2) is 57.5 Å². The molecule has 4 rings (SSSR count). The summed E-state index contributed by atoms with van der Waals surface area (Å²) in [5, 5.41) is 6.71. The van der Waals surface area contributed by atoms with Crippen LogP contribution in [0.1, 0.15) is 29.1 Å². The third-order valence-corrected chi connectivity index (χ3v) is 4.96. The Hall–Kier alpha value is -3.00. The second-order valence-electron chi connectivity index (χ2n) is 6.40. The Morgan fingerprint density at radius 3 is 2.75 bits per heavy atom. The van der Waals surface area contributed by atoms with E-state index in [4.69, 9.17) is 4.52 Å². The fourth-order valence-electron chi connectivity index (χ4n) is 3.04. The summed E-state index contributed by atoms with van der Waals surface area (Å²) >= 11 is 3.41. The molecule has 7 nitrogen and oxygen atoms in total. The van der Waals surface area contributed by atoms with Gasteiger partial charge in [-0.05, 0) is 42.8 Å². The van der Waals surface area contributed by atoms with Crippen LogP contribution in [0.4, 0.5) is 5.69 Å². The SMILES string of the molecule is O=C(NCc1nc(-c2cccc(Br)c2)no1)c1ccc(N2CCCC2=O)cc1. The molecule has 0 atom stereocenters. The van der Waals surface area contributed by atoms with Gasteiger partial charge in [0.2, 0.25) is 17.6 Å². The molecule has 2 amide bonds. The number of anilines is 1. The van der Waals surface area contributed by atoms with Crippen LogP contribution in [-0.4, -0.2) is 28.5 Å². The largest absolute Gasteiger partial charge is 0.343 e. The van der Waals surface area contributed by atoms with E-state index in [1.807, 2.05) is 24.3 Å². The monoisotopic (exact) mass is 440 g/mol. The molecule has 0 spiro atoms. The van der Waals surface area contributed by atoms with Gasteiger partial charge in [0, 0.05) is 34.3 Å². The standard InChI is InChI=1S/C20H17BrN4O3/c21-15-4-1-3-14(11-15)19-23-17(28-24-19)12-22-20(27)13-6-8-16(9-7-13)25-10-2-5-18(25)26/h1,3-4,6-9,11H,2,5,10,12H2,(H,22,27). The molecule has 1 N–H and O–H groups in total. The first-order valence-electron chi connectivity index (χ1n) is 8.87. The molecule has 1 aliphatic heterocycles. The molecule has 2 heterocycles. The molecule has 0 radical (unpaired) electrons. The zero-order valence-corrected chi connectivity index (χ0v) is 16.5. The maximum atomic E-state index is 12.3. The number of amides is 2. The molecule has 0 unspecified atom stereocenters. The van der Waals surface area contributed by atoms with Crippen molar-refractivity contribution in [2.24, 2.45) is 0 Å². The summed E-state index contributed by atoms with van der Waals surface area (Å²) in [5.74, 6) is 0.657. The first-order valence-corrected chi connectivity index (χ1v) is 9.66. The van der Waals surface area contributed by atoms with Gasteiger partial charge in [-0.2, -0.15) is 4.98 Å². The van der Waals surface area contributed by atoms with Crippen molar-refractivity contribution in [2.75, 3.05) is 11.4 Å². The summed E-state index contributed by atoms with van der Waals surface area (Å²) in [7, 11) is 0. The van der Waals surface area contributed by atoms with E-state index >= 15 is 0 Å². The lowest BCUT2D eigenvalue weighted by molar-refractivity contribution is -0.117. The summed E-state index contributed by atoms with van der Waals surface area (Å²) in [6.45, 7) is 0.855. The lowest BCUT2D eigenvalue weighted by atomic mass is 10.2. The molecular formula is C20H17BrN4O3. The van der Waals surface area contributed by atoms with Gasteiger partial charge in [-0.1, -0.05) is 33.2 Å². The topological polar surface area (TPSA) is 88.3 Å². The fraction of sp³-hybridized carbons (Fsp3) is 0.200. The lowest BCUT2D eigenvalue weighted by Crippen LogP contribution is -2.25. The van der Waals surface area contributed by atoms with Gasteiger partial charge in [-0.25, -0.2) is 0 Å². The van der Waals surface area contributed by atoms with Crippen molar-refractivity contribution < 1.29 is 14.1 Å². The van der Waals surface area contributed by atoms with Crippen molar-refractivity contribution in [3.05, 3.63) is 64.5 Å². The molecule has 1 aromatic heterocycles. The average molecular weight is 441 g/mol. The number of nitrogens with zero attached hydrogens (tertiary/aromatic N) is 3. The highest BCUT2D eigenvalue weighted by molar-refractivity contribution is 9.10. The molecule has 2 aromatic carbocycles. The zero-order valence-electron chi connectivity index (χ0n) is 14.9. The Morgan fingerprint density at radius 2 is 2.04 bits per heavy atom. The maximum absolute atomic E-state index is 12.3. The van der Waals surface area contributed by atoms with Crippen LogP contribution in [0.25, 0.3) is 11.4 Å². The summed E-state index contributed by atoms with van der Waals surface area (Å²) in [6, 6.07) is 14.6. The molecule has 0 saturated carbocycles. The number of carbonyl (C=O) groups is 2. The summed E-state index contributed by atoms with van der Waals surface area (Å²) in [5.41, 5.74) is 2.14. The average Bonchev–Trinajstić information content (AvgIpc) is 3.35. The van der Waals surface area contributed by atoms with Crippen LogP contribution >= 0.6 is 15.9 Å². The molecule has 0 bridgehead atoms. The van der Waals surface area contributed by atoms with Crippen molar-refractivity contribution in [1.82, 2.24) is 15.5 Å². The molecule has 1 saturated heterocycles. The van der Waals surface area contributed by atoms with Gasteiger partial charge in [0.05, 0.1) is 6.54 Å². The lowest BCUT2D eigenvalue weighted by Gasteiger charge is -2.15. The number of aromatic nitrogens is 2. The van der Waals surface area contributed by atoms with Gasteiger partial charge in [0.25, 0.3) is 5.91 Å². The number of benzene rings is 2. The highest BCUT2D eigenvalue weighted by atomic mass is 79.9. The van der Waals surface area contributed by atoms with Crippen LogP contribution in [-0.2, 0) is 11.3 Å². The van der Waals surface area contributed by atoms with Crippen molar-refractivity contribution >= 4 is 33.4 Å². The van der Waals surface area contributed by atoms with Gasteiger partial charge in [-0.15, -0.1) is 0 Å². The predicted octanol–water partition coefficient (Wildman–Crippen LogP) is 3.56. The van der Waals surface area contributed by atoms with Gasteiger partial charge in [-0.3, -0.25) is 9.59 Å². The highest BCUT2D eigenvalue weighted by Gasteiger charge is 2.21. The fourth-order valence-corrected chi connectivity index (χ4v) is 3.44. The number of rotatable bonds is 5. The summed E-state index contributed by atoms with van der Waals surface area (Å²) in [4.78, 5) is 30.2. The quantitative estimate of drug-likeness (QED) is 0.654. The number of hydrogen-bond acceptors (Lipinski definition) is 5. The molecule has 0 aliphatic carbocycles. The van der Waals surface area contributed by atoms with E-state index in [1.54, 1.807) is 29.2 Å². The maximum Gasteiger partial charge on any atom is 0.251 e. The molecular weight excluding hydrogens is 424 g/mol. The smallest absolute Gasteiger partial charge is 0.251 e. The molecule has 28 heavy (non-hydrogen) atoms. The highest BCUT2D eigenvalue weighted by Crippen LogP contribution is 2.22. The second kappa shape index (κ2) is 7.93. The first kappa shape index (κ1) is 18.4. The van der Waals surface area contributed by atoms with E-state index in [0.717, 1.165) is 28.7 Å². The number of hydrogen-bond donors (Lipinski definition) is 1. The van der Waals surface area contributed by atoms with Crippen LogP contribution in [0.3, 0.4) is 0 Å². The van der Waals surface area contributed by atoms with E-state index in [1.165, 1.54) is 0 Å². The Balaban J connectivity index is 1.37. The normalized spacial score (nSPS) is 13.8. The number of halogens is 1. The minimum absolute atomic E-state index is 0.120. The molecule has 1 aliphatic rings. The predicted molar refractivity (Wildman–Crippen MR) is 107 cm³/mol.